The number of para-hydroxylation sites is 1. The van der Waals surface area contributed by atoms with Crippen molar-refractivity contribution in [3.05, 3.63) is 113 Å². The summed E-state index contributed by atoms with van der Waals surface area (Å²) in [7, 11) is 0. The van der Waals surface area contributed by atoms with Crippen LogP contribution in [-0.2, 0) is 24.1 Å². The molecule has 0 aromatic heterocycles. The van der Waals surface area contributed by atoms with Gasteiger partial charge in [0, 0.05) is 6.42 Å². The van der Waals surface area contributed by atoms with E-state index in [1.807, 2.05) is 60.7 Å². The van der Waals surface area contributed by atoms with Crippen molar-refractivity contribution in [1.29, 1.82) is 0 Å². The molecule has 0 aliphatic carbocycles. The van der Waals surface area contributed by atoms with Crippen molar-refractivity contribution in [3.63, 3.8) is 0 Å². The Morgan fingerprint density at radius 3 is 1.97 bits per heavy atom. The summed E-state index contributed by atoms with van der Waals surface area (Å²) in [6.07, 6.45) is 2.70. The quantitative estimate of drug-likeness (QED) is 0.386. The van der Waals surface area contributed by atoms with Gasteiger partial charge in [0.2, 0.25) is 0 Å². The van der Waals surface area contributed by atoms with Crippen LogP contribution in [0.15, 0.2) is 96.3 Å². The molecule has 0 amide bonds. The Bertz CT molecular complexity index is 946. The molecule has 0 fully saturated rings. The van der Waals surface area contributed by atoms with Gasteiger partial charge in [0.15, 0.2) is 0 Å². The monoisotopic (exact) mass is 414 g/mol. The highest BCUT2D eigenvalue weighted by atomic mass is 16.5. The predicted molar refractivity (Wildman–Crippen MR) is 125 cm³/mol. The van der Waals surface area contributed by atoms with E-state index in [4.69, 9.17) is 9.84 Å². The van der Waals surface area contributed by atoms with Crippen molar-refractivity contribution >= 4 is 5.97 Å². The van der Waals surface area contributed by atoms with Gasteiger partial charge in [-0.25, -0.2) is 0 Å². The standard InChI is InChI=1S/C28H30O3/c1-21(18-24-13-15-25(16-14-24)20-28(29)30)17-22(2)27(19-23-9-5-3-6-10-23)31-26-11-7-4-8-12-26/h3-16,21H,17-20H2,1-2H3,(H,29,30). The molecule has 3 aromatic carbocycles. The second-order valence-corrected chi connectivity index (χ2v) is 8.18. The smallest absolute Gasteiger partial charge is 0.307 e. The van der Waals surface area contributed by atoms with E-state index < -0.39 is 5.97 Å². The van der Waals surface area contributed by atoms with Crippen LogP contribution in [0.3, 0.4) is 0 Å². The zero-order valence-electron chi connectivity index (χ0n) is 18.3. The van der Waals surface area contributed by atoms with Gasteiger partial charge in [0.1, 0.15) is 11.5 Å². The Labute approximate surface area is 185 Å². The minimum absolute atomic E-state index is 0.0668. The third-order valence-corrected chi connectivity index (χ3v) is 5.28. The van der Waals surface area contributed by atoms with Crippen LogP contribution < -0.4 is 4.74 Å². The largest absolute Gasteiger partial charge is 0.481 e. The van der Waals surface area contributed by atoms with E-state index in [1.165, 1.54) is 16.7 Å². The minimum Gasteiger partial charge on any atom is -0.481 e. The van der Waals surface area contributed by atoms with E-state index in [1.54, 1.807) is 0 Å². The fourth-order valence-corrected chi connectivity index (χ4v) is 3.77. The summed E-state index contributed by atoms with van der Waals surface area (Å²) in [5.74, 6) is 1.50. The van der Waals surface area contributed by atoms with Crippen LogP contribution in [0.25, 0.3) is 0 Å². The number of hydrogen-bond acceptors (Lipinski definition) is 2. The summed E-state index contributed by atoms with van der Waals surface area (Å²) in [4.78, 5) is 10.9. The number of aliphatic carboxylic acids is 1. The molecule has 1 unspecified atom stereocenters. The summed E-state index contributed by atoms with van der Waals surface area (Å²) in [6, 6.07) is 28.3. The van der Waals surface area contributed by atoms with Gasteiger partial charge in [-0.15, -0.1) is 0 Å². The number of rotatable bonds is 10. The van der Waals surface area contributed by atoms with E-state index in [-0.39, 0.29) is 6.42 Å². The molecule has 3 nitrogen and oxygen atoms in total. The predicted octanol–water partition coefficient (Wildman–Crippen LogP) is 6.48. The Kier molecular flexibility index (Phi) is 8.05. The molecule has 0 aliphatic rings. The van der Waals surface area contributed by atoms with Gasteiger partial charge in [-0.3, -0.25) is 4.79 Å². The van der Waals surface area contributed by atoms with E-state index in [9.17, 15) is 4.79 Å². The van der Waals surface area contributed by atoms with Gasteiger partial charge in [0.25, 0.3) is 0 Å². The Morgan fingerprint density at radius 1 is 0.806 bits per heavy atom. The first-order valence-corrected chi connectivity index (χ1v) is 10.7. The molecule has 0 saturated carbocycles. The highest BCUT2D eigenvalue weighted by Crippen LogP contribution is 2.24. The number of carboxylic acid groups (broad SMARTS) is 1. The topological polar surface area (TPSA) is 46.5 Å². The molecule has 3 heteroatoms. The van der Waals surface area contributed by atoms with Crippen LogP contribution in [0.4, 0.5) is 0 Å². The fourth-order valence-electron chi connectivity index (χ4n) is 3.77. The van der Waals surface area contributed by atoms with Crippen molar-refractivity contribution in [2.24, 2.45) is 5.92 Å². The fraction of sp³-hybridized carbons (Fsp3) is 0.250. The molecule has 31 heavy (non-hydrogen) atoms. The van der Waals surface area contributed by atoms with E-state index in [0.29, 0.717) is 5.92 Å². The first-order valence-electron chi connectivity index (χ1n) is 10.7. The van der Waals surface area contributed by atoms with Crippen molar-refractivity contribution in [1.82, 2.24) is 0 Å². The average Bonchev–Trinajstić information content (AvgIpc) is 2.76. The number of allylic oxidation sites excluding steroid dienone is 2. The molecular formula is C28H30O3. The van der Waals surface area contributed by atoms with Crippen molar-refractivity contribution < 1.29 is 14.6 Å². The SMILES string of the molecule is CC(CC(C)Cc1ccc(CC(=O)O)cc1)=C(Cc1ccccc1)Oc1ccccc1. The lowest BCUT2D eigenvalue weighted by atomic mass is 9.92. The number of carboxylic acids is 1. The van der Waals surface area contributed by atoms with Crippen molar-refractivity contribution in [2.45, 2.75) is 39.5 Å². The number of benzene rings is 3. The third kappa shape index (κ3) is 7.45. The Balaban J connectivity index is 1.70. The molecular weight excluding hydrogens is 384 g/mol. The molecule has 0 heterocycles. The highest BCUT2D eigenvalue weighted by molar-refractivity contribution is 5.70. The molecule has 0 spiro atoms. The summed E-state index contributed by atoms with van der Waals surface area (Å²) >= 11 is 0. The molecule has 0 bridgehead atoms. The summed E-state index contributed by atoms with van der Waals surface area (Å²) in [5, 5.41) is 8.93. The van der Waals surface area contributed by atoms with Crippen LogP contribution in [0.5, 0.6) is 5.75 Å². The molecule has 0 aliphatic heterocycles. The second-order valence-electron chi connectivity index (χ2n) is 8.18. The van der Waals surface area contributed by atoms with Gasteiger partial charge >= 0.3 is 5.97 Å². The zero-order chi connectivity index (χ0) is 22.1. The van der Waals surface area contributed by atoms with Gasteiger partial charge in [-0.05, 0) is 60.1 Å². The molecule has 0 radical (unpaired) electrons. The Morgan fingerprint density at radius 2 is 1.35 bits per heavy atom. The summed E-state index contributed by atoms with van der Waals surface area (Å²) in [6.45, 7) is 4.41. The molecule has 3 aromatic rings. The first kappa shape index (κ1) is 22.4. The van der Waals surface area contributed by atoms with Crippen LogP contribution in [-0.4, -0.2) is 11.1 Å². The van der Waals surface area contributed by atoms with Gasteiger partial charge in [0.05, 0.1) is 6.42 Å². The van der Waals surface area contributed by atoms with Gasteiger partial charge < -0.3 is 9.84 Å². The molecule has 1 atom stereocenters. The normalized spacial score (nSPS) is 12.7. The van der Waals surface area contributed by atoms with E-state index >= 15 is 0 Å². The highest BCUT2D eigenvalue weighted by Gasteiger charge is 2.12. The van der Waals surface area contributed by atoms with E-state index in [0.717, 1.165) is 36.3 Å². The second kappa shape index (κ2) is 11.2. The van der Waals surface area contributed by atoms with E-state index in [2.05, 4.69) is 38.1 Å². The number of ether oxygens (including phenoxy) is 1. The van der Waals surface area contributed by atoms with Gasteiger partial charge in [-0.2, -0.15) is 0 Å². The van der Waals surface area contributed by atoms with Crippen molar-refractivity contribution in [2.75, 3.05) is 0 Å². The summed E-state index contributed by atoms with van der Waals surface area (Å²) in [5.41, 5.74) is 4.54. The minimum atomic E-state index is -0.800. The average molecular weight is 415 g/mol. The third-order valence-electron chi connectivity index (χ3n) is 5.28. The van der Waals surface area contributed by atoms with Crippen molar-refractivity contribution in [3.8, 4) is 5.75 Å². The number of hydrogen-bond donors (Lipinski definition) is 1. The number of carbonyl (C=O) groups is 1. The van der Waals surface area contributed by atoms with Crippen LogP contribution in [0, 0.1) is 5.92 Å². The maximum atomic E-state index is 10.9. The first-order chi connectivity index (χ1) is 15.0. The maximum Gasteiger partial charge on any atom is 0.307 e. The molecule has 3 rings (SSSR count). The lowest BCUT2D eigenvalue weighted by Crippen LogP contribution is -2.07. The molecule has 1 N–H and O–H groups in total. The maximum absolute atomic E-state index is 10.9. The molecule has 160 valence electrons. The van der Waals surface area contributed by atoms with Crippen LogP contribution >= 0.6 is 0 Å². The van der Waals surface area contributed by atoms with Crippen LogP contribution in [0.1, 0.15) is 37.0 Å². The van der Waals surface area contributed by atoms with Crippen LogP contribution in [0.2, 0.25) is 0 Å². The lowest BCUT2D eigenvalue weighted by molar-refractivity contribution is -0.136. The Hall–Kier alpha value is -3.33. The van der Waals surface area contributed by atoms with Gasteiger partial charge in [-0.1, -0.05) is 79.7 Å². The lowest BCUT2D eigenvalue weighted by Gasteiger charge is -2.18. The summed E-state index contributed by atoms with van der Waals surface area (Å²) < 4.78 is 6.31. The zero-order valence-corrected chi connectivity index (χ0v) is 18.3. The molecule has 0 saturated heterocycles.